The molecule has 1 atom stereocenters. The minimum atomic E-state index is -0.260. The van der Waals surface area contributed by atoms with Crippen LogP contribution in [0.2, 0.25) is 0 Å². The summed E-state index contributed by atoms with van der Waals surface area (Å²) in [5.74, 6) is -0.0541. The summed E-state index contributed by atoms with van der Waals surface area (Å²) >= 11 is 0. The lowest BCUT2D eigenvalue weighted by Gasteiger charge is -2.22. The van der Waals surface area contributed by atoms with Crippen molar-refractivity contribution >= 4 is 17.3 Å². The highest BCUT2D eigenvalue weighted by Crippen LogP contribution is 2.21. The molecule has 4 N–H and O–H groups in total. The maximum Gasteiger partial charge on any atom is 0.253 e. The maximum absolute atomic E-state index is 12.3. The average molecular weight is 265 g/mol. The van der Waals surface area contributed by atoms with Crippen molar-refractivity contribution in [1.82, 2.24) is 5.32 Å². The van der Waals surface area contributed by atoms with Crippen LogP contribution < -0.4 is 16.0 Å². The van der Waals surface area contributed by atoms with E-state index in [9.17, 15) is 9.90 Å². The Morgan fingerprint density at radius 1 is 1.42 bits per heavy atom. The lowest BCUT2D eigenvalue weighted by molar-refractivity contribution is 0.0897. The van der Waals surface area contributed by atoms with Gasteiger partial charge in [-0.05, 0) is 24.1 Å². The first kappa shape index (κ1) is 15.3. The Kier molecular flexibility index (Phi) is 5.18. The van der Waals surface area contributed by atoms with Crippen LogP contribution in [0, 0.1) is 5.92 Å². The van der Waals surface area contributed by atoms with Gasteiger partial charge in [0.15, 0.2) is 0 Å². The van der Waals surface area contributed by atoms with Crippen LogP contribution >= 0.6 is 0 Å². The van der Waals surface area contributed by atoms with Crippen LogP contribution in [-0.2, 0) is 0 Å². The van der Waals surface area contributed by atoms with Gasteiger partial charge in [0.1, 0.15) is 0 Å². The van der Waals surface area contributed by atoms with E-state index in [1.165, 1.54) is 0 Å². The van der Waals surface area contributed by atoms with Crippen LogP contribution in [-0.4, -0.2) is 37.8 Å². The van der Waals surface area contributed by atoms with Crippen molar-refractivity contribution in [3.63, 3.8) is 0 Å². The number of aliphatic hydroxyl groups is 1. The molecule has 0 aliphatic carbocycles. The molecule has 0 aliphatic rings. The summed E-state index contributed by atoms with van der Waals surface area (Å²) in [6.07, 6.45) is 0. The van der Waals surface area contributed by atoms with Crippen LogP contribution in [0.5, 0.6) is 0 Å². The van der Waals surface area contributed by atoms with Gasteiger partial charge in [-0.2, -0.15) is 0 Å². The molecule has 5 nitrogen and oxygen atoms in total. The van der Waals surface area contributed by atoms with Crippen molar-refractivity contribution in [1.29, 1.82) is 0 Å². The van der Waals surface area contributed by atoms with E-state index in [4.69, 9.17) is 5.73 Å². The number of hydrogen-bond acceptors (Lipinski definition) is 4. The first-order valence-electron chi connectivity index (χ1n) is 6.35. The number of aliphatic hydroxyl groups excluding tert-OH is 1. The highest BCUT2D eigenvalue weighted by atomic mass is 16.3. The largest absolute Gasteiger partial charge is 0.399 e. The predicted octanol–water partition coefficient (Wildman–Crippen LogP) is 1.08. The van der Waals surface area contributed by atoms with E-state index in [-0.39, 0.29) is 24.5 Å². The SMILES string of the molecule is CC(C)[C@@H](CO)NC(=O)c1cc(N)ccc1N(C)C. The van der Waals surface area contributed by atoms with Crippen molar-refractivity contribution in [3.8, 4) is 0 Å². The van der Waals surface area contributed by atoms with E-state index in [0.29, 0.717) is 11.3 Å². The van der Waals surface area contributed by atoms with Crippen LogP contribution in [0.15, 0.2) is 18.2 Å². The minimum absolute atomic E-state index is 0.0803. The quantitative estimate of drug-likeness (QED) is 0.696. The van der Waals surface area contributed by atoms with Crippen molar-refractivity contribution in [2.75, 3.05) is 31.3 Å². The molecule has 0 unspecified atom stereocenters. The molecular formula is C14H23N3O2. The monoisotopic (exact) mass is 265 g/mol. The fraction of sp³-hybridized carbons (Fsp3) is 0.500. The van der Waals surface area contributed by atoms with Gasteiger partial charge in [0.05, 0.1) is 18.2 Å². The fourth-order valence-electron chi connectivity index (χ4n) is 1.79. The first-order chi connectivity index (χ1) is 8.86. The van der Waals surface area contributed by atoms with Crippen LogP contribution in [0.25, 0.3) is 0 Å². The first-order valence-corrected chi connectivity index (χ1v) is 6.35. The number of nitrogens with one attached hydrogen (secondary N) is 1. The second-order valence-electron chi connectivity index (χ2n) is 5.18. The van der Waals surface area contributed by atoms with E-state index in [1.807, 2.05) is 38.9 Å². The molecule has 5 heteroatoms. The summed E-state index contributed by atoms with van der Waals surface area (Å²) in [5, 5.41) is 12.1. The Hall–Kier alpha value is -1.75. The van der Waals surface area contributed by atoms with Gasteiger partial charge in [0.2, 0.25) is 0 Å². The topological polar surface area (TPSA) is 78.6 Å². The number of rotatable bonds is 5. The number of amides is 1. The summed E-state index contributed by atoms with van der Waals surface area (Å²) in [6, 6.07) is 4.97. The zero-order valence-corrected chi connectivity index (χ0v) is 12.0. The molecule has 0 saturated heterocycles. The minimum Gasteiger partial charge on any atom is -0.399 e. The number of anilines is 2. The Morgan fingerprint density at radius 2 is 2.05 bits per heavy atom. The number of hydrogen-bond donors (Lipinski definition) is 3. The Balaban J connectivity index is 3.01. The Bertz CT molecular complexity index is 444. The van der Waals surface area contributed by atoms with Gasteiger partial charge >= 0.3 is 0 Å². The third-order valence-electron chi connectivity index (χ3n) is 3.06. The lowest BCUT2D eigenvalue weighted by atomic mass is 10.0. The summed E-state index contributed by atoms with van der Waals surface area (Å²) in [6.45, 7) is 3.82. The standard InChI is InChI=1S/C14H23N3O2/c1-9(2)12(8-18)16-14(19)11-7-10(15)5-6-13(11)17(3)4/h5-7,9,12,18H,8,15H2,1-4H3,(H,16,19)/t12-/m1/s1. The van der Waals surface area contributed by atoms with E-state index >= 15 is 0 Å². The van der Waals surface area contributed by atoms with Gasteiger partial charge in [-0.15, -0.1) is 0 Å². The highest BCUT2D eigenvalue weighted by Gasteiger charge is 2.19. The number of benzene rings is 1. The molecule has 1 aromatic carbocycles. The third kappa shape index (κ3) is 3.86. The fourth-order valence-corrected chi connectivity index (χ4v) is 1.79. The molecule has 19 heavy (non-hydrogen) atoms. The Labute approximate surface area is 114 Å². The van der Waals surface area contributed by atoms with Gasteiger partial charge < -0.3 is 21.1 Å². The molecule has 0 saturated carbocycles. The zero-order chi connectivity index (χ0) is 14.6. The predicted molar refractivity (Wildman–Crippen MR) is 78.4 cm³/mol. The molecule has 0 spiro atoms. The summed E-state index contributed by atoms with van der Waals surface area (Å²) < 4.78 is 0. The molecule has 0 aromatic heterocycles. The van der Waals surface area contributed by atoms with Crippen LogP contribution in [0.1, 0.15) is 24.2 Å². The molecule has 0 radical (unpaired) electrons. The second-order valence-corrected chi connectivity index (χ2v) is 5.18. The van der Waals surface area contributed by atoms with Crippen molar-refractivity contribution < 1.29 is 9.90 Å². The van der Waals surface area contributed by atoms with Gasteiger partial charge in [0.25, 0.3) is 5.91 Å². The van der Waals surface area contributed by atoms with Gasteiger partial charge in [-0.25, -0.2) is 0 Å². The van der Waals surface area contributed by atoms with Gasteiger partial charge in [-0.1, -0.05) is 13.8 Å². The van der Waals surface area contributed by atoms with E-state index < -0.39 is 0 Å². The third-order valence-corrected chi connectivity index (χ3v) is 3.06. The summed E-state index contributed by atoms with van der Waals surface area (Å²) in [4.78, 5) is 14.2. The second kappa shape index (κ2) is 6.43. The zero-order valence-electron chi connectivity index (χ0n) is 12.0. The summed E-state index contributed by atoms with van der Waals surface area (Å²) in [7, 11) is 3.74. The number of nitrogen functional groups attached to an aromatic ring is 1. The normalized spacial score (nSPS) is 12.3. The van der Waals surface area contributed by atoms with E-state index in [0.717, 1.165) is 5.69 Å². The van der Waals surface area contributed by atoms with Crippen molar-refractivity contribution in [3.05, 3.63) is 23.8 Å². The van der Waals surface area contributed by atoms with E-state index in [1.54, 1.807) is 12.1 Å². The molecule has 1 rings (SSSR count). The molecule has 0 heterocycles. The smallest absolute Gasteiger partial charge is 0.253 e. The molecule has 1 aromatic rings. The average Bonchev–Trinajstić information content (AvgIpc) is 2.34. The van der Waals surface area contributed by atoms with E-state index in [2.05, 4.69) is 5.32 Å². The van der Waals surface area contributed by atoms with Gasteiger partial charge in [0, 0.05) is 25.5 Å². The number of carbonyl (C=O) groups is 1. The Morgan fingerprint density at radius 3 is 2.53 bits per heavy atom. The summed E-state index contributed by atoms with van der Waals surface area (Å²) in [5.41, 5.74) is 7.60. The molecule has 0 fully saturated rings. The number of carbonyl (C=O) groups excluding carboxylic acids is 1. The number of nitrogens with zero attached hydrogens (tertiary/aromatic N) is 1. The molecule has 0 aliphatic heterocycles. The highest BCUT2D eigenvalue weighted by molar-refractivity contribution is 6.00. The van der Waals surface area contributed by atoms with Gasteiger partial charge in [-0.3, -0.25) is 4.79 Å². The van der Waals surface area contributed by atoms with Crippen LogP contribution in [0.4, 0.5) is 11.4 Å². The lowest BCUT2D eigenvalue weighted by Crippen LogP contribution is -2.41. The van der Waals surface area contributed by atoms with Crippen molar-refractivity contribution in [2.45, 2.75) is 19.9 Å². The molecule has 0 bridgehead atoms. The maximum atomic E-state index is 12.3. The molecule has 1 amide bonds. The number of nitrogens with two attached hydrogens (primary N) is 1. The van der Waals surface area contributed by atoms with Crippen LogP contribution in [0.3, 0.4) is 0 Å². The molecular weight excluding hydrogens is 242 g/mol. The molecule has 106 valence electrons. The van der Waals surface area contributed by atoms with Crippen molar-refractivity contribution in [2.24, 2.45) is 5.92 Å².